The molecule has 1 saturated carbocycles. The highest BCUT2D eigenvalue weighted by Crippen LogP contribution is 2.43. The van der Waals surface area contributed by atoms with Crippen LogP contribution in [0.3, 0.4) is 0 Å². The lowest BCUT2D eigenvalue weighted by molar-refractivity contribution is -0.686. The maximum absolute atomic E-state index is 12.7. The number of hydrogen-bond donors (Lipinski definition) is 0. The molecule has 0 N–H and O–H groups in total. The molecule has 0 amide bonds. The Hall–Kier alpha value is -2.07. The monoisotopic (exact) mass is 417 g/mol. The summed E-state index contributed by atoms with van der Waals surface area (Å²) >= 11 is 0. The van der Waals surface area contributed by atoms with E-state index in [9.17, 15) is 4.79 Å². The molecular weight excluding hydrogens is 386 g/mol. The minimum Gasteiger partial charge on any atom is -1.00 e. The van der Waals surface area contributed by atoms with Crippen molar-refractivity contribution >= 4 is 5.97 Å². The van der Waals surface area contributed by atoms with Crippen LogP contribution < -0.4 is 21.7 Å². The summed E-state index contributed by atoms with van der Waals surface area (Å²) in [5, 5.41) is 0. The molecule has 1 aliphatic carbocycles. The van der Waals surface area contributed by atoms with Crippen LogP contribution in [0.2, 0.25) is 0 Å². The van der Waals surface area contributed by atoms with E-state index in [1.54, 1.807) is 7.11 Å². The maximum Gasteiger partial charge on any atom is 0.372 e. The molecule has 1 aromatic heterocycles. The van der Waals surface area contributed by atoms with Gasteiger partial charge in [0.05, 0.1) is 7.11 Å². The van der Waals surface area contributed by atoms with Gasteiger partial charge in [-0.25, -0.2) is 4.79 Å². The molecule has 29 heavy (non-hydrogen) atoms. The molecule has 3 atom stereocenters. The van der Waals surface area contributed by atoms with E-state index in [1.165, 1.54) is 12.0 Å². The van der Waals surface area contributed by atoms with E-state index in [0.717, 1.165) is 18.6 Å². The minimum absolute atomic E-state index is 0. The molecule has 0 radical (unpaired) electrons. The van der Waals surface area contributed by atoms with Crippen LogP contribution >= 0.6 is 0 Å². The second-order valence-electron chi connectivity index (χ2n) is 8.55. The summed E-state index contributed by atoms with van der Waals surface area (Å²) in [5.74, 6) is 1.49. The average Bonchev–Trinajstić information content (AvgIpc) is 2.69. The van der Waals surface area contributed by atoms with Gasteiger partial charge < -0.3 is 21.9 Å². The summed E-state index contributed by atoms with van der Waals surface area (Å²) < 4.78 is 13.1. The molecular formula is C24H32ClNO3. The largest absolute Gasteiger partial charge is 1.00 e. The molecule has 0 aliphatic heterocycles. The fraction of sp³-hybridized carbons (Fsp3) is 0.500. The Kier molecular flexibility index (Phi) is 8.09. The molecule has 0 spiro atoms. The Bertz CT molecular complexity index is 776. The second-order valence-corrected chi connectivity index (χ2v) is 8.55. The van der Waals surface area contributed by atoms with E-state index in [2.05, 4.69) is 45.0 Å². The standard InChI is InChI=1S/C24H32NO3.ClH/c1-18-10-11-21(24(2,3)19-8-6-5-7-9-19)22(16-18)28-23(26)17-25-14-12-20(27-4)13-15-25;/h5-9,12-15,18,21-22H,10-11,16-17H2,1-4H3;1H/q+1;/p-1/t18-,21-,22-;/m1./s1. The van der Waals surface area contributed by atoms with E-state index in [4.69, 9.17) is 9.47 Å². The Morgan fingerprint density at radius 1 is 1.10 bits per heavy atom. The summed E-state index contributed by atoms with van der Waals surface area (Å²) in [7, 11) is 1.63. The summed E-state index contributed by atoms with van der Waals surface area (Å²) in [6.45, 7) is 7.03. The van der Waals surface area contributed by atoms with Gasteiger partial charge in [-0.1, -0.05) is 57.5 Å². The number of esters is 1. The zero-order chi connectivity index (χ0) is 20.1. The van der Waals surface area contributed by atoms with Crippen LogP contribution in [0.1, 0.15) is 45.6 Å². The van der Waals surface area contributed by atoms with Crippen molar-refractivity contribution in [2.45, 2.75) is 58.1 Å². The third-order valence-corrected chi connectivity index (χ3v) is 6.19. The summed E-state index contributed by atoms with van der Waals surface area (Å²) in [5.41, 5.74) is 1.26. The fourth-order valence-corrected chi connectivity index (χ4v) is 4.41. The molecule has 0 saturated heterocycles. The third-order valence-electron chi connectivity index (χ3n) is 6.19. The van der Waals surface area contributed by atoms with Gasteiger partial charge in [0.25, 0.3) is 0 Å². The quantitative estimate of drug-likeness (QED) is 0.525. The van der Waals surface area contributed by atoms with Crippen molar-refractivity contribution in [2.24, 2.45) is 11.8 Å². The van der Waals surface area contributed by atoms with Gasteiger partial charge in [0.2, 0.25) is 6.54 Å². The first-order valence-corrected chi connectivity index (χ1v) is 10.2. The molecule has 5 heteroatoms. The molecule has 2 aromatic rings. The number of pyridine rings is 1. The first-order chi connectivity index (χ1) is 13.4. The van der Waals surface area contributed by atoms with E-state index < -0.39 is 0 Å². The predicted octanol–water partition coefficient (Wildman–Crippen LogP) is 1.31. The van der Waals surface area contributed by atoms with Gasteiger partial charge in [0.15, 0.2) is 12.4 Å². The third kappa shape index (κ3) is 5.72. The molecule has 0 bridgehead atoms. The van der Waals surface area contributed by atoms with Gasteiger partial charge >= 0.3 is 5.97 Å². The number of carbonyl (C=O) groups excluding carboxylic acids is 1. The van der Waals surface area contributed by atoms with Crippen LogP contribution in [-0.2, 0) is 21.5 Å². The maximum atomic E-state index is 12.7. The van der Waals surface area contributed by atoms with Crippen molar-refractivity contribution < 1.29 is 31.2 Å². The fourth-order valence-electron chi connectivity index (χ4n) is 4.41. The van der Waals surface area contributed by atoms with Crippen LogP contribution in [0.5, 0.6) is 5.75 Å². The van der Waals surface area contributed by atoms with Gasteiger partial charge in [-0.3, -0.25) is 0 Å². The number of halogens is 1. The van der Waals surface area contributed by atoms with Crippen molar-refractivity contribution in [3.63, 3.8) is 0 Å². The summed E-state index contributed by atoms with van der Waals surface area (Å²) in [6, 6.07) is 14.3. The highest BCUT2D eigenvalue weighted by Gasteiger charge is 2.42. The average molecular weight is 418 g/mol. The van der Waals surface area contributed by atoms with Gasteiger partial charge in [0, 0.05) is 18.1 Å². The van der Waals surface area contributed by atoms with Crippen LogP contribution in [-0.4, -0.2) is 19.2 Å². The van der Waals surface area contributed by atoms with Gasteiger partial charge in [-0.2, -0.15) is 4.57 Å². The zero-order valence-electron chi connectivity index (χ0n) is 17.8. The Morgan fingerprint density at radius 2 is 1.76 bits per heavy atom. The highest BCUT2D eigenvalue weighted by atomic mass is 35.5. The Balaban J connectivity index is 0.00000300. The van der Waals surface area contributed by atoms with Crippen molar-refractivity contribution in [2.75, 3.05) is 7.11 Å². The molecule has 3 rings (SSSR count). The lowest BCUT2D eigenvalue weighted by Gasteiger charge is -2.43. The summed E-state index contributed by atoms with van der Waals surface area (Å²) in [4.78, 5) is 12.7. The van der Waals surface area contributed by atoms with Crippen molar-refractivity contribution in [1.82, 2.24) is 0 Å². The number of carbonyl (C=O) groups is 1. The number of benzene rings is 1. The van der Waals surface area contributed by atoms with Crippen molar-refractivity contribution in [1.29, 1.82) is 0 Å². The van der Waals surface area contributed by atoms with Crippen LogP contribution in [0.25, 0.3) is 0 Å². The predicted molar refractivity (Wildman–Crippen MR) is 109 cm³/mol. The number of hydrogen-bond acceptors (Lipinski definition) is 3. The zero-order valence-corrected chi connectivity index (χ0v) is 18.6. The first-order valence-electron chi connectivity index (χ1n) is 10.2. The minimum atomic E-state index is -0.178. The molecule has 4 nitrogen and oxygen atoms in total. The molecule has 1 aliphatic rings. The Morgan fingerprint density at radius 3 is 2.38 bits per heavy atom. The molecule has 0 unspecified atom stereocenters. The van der Waals surface area contributed by atoms with E-state index in [1.807, 2.05) is 35.2 Å². The SMILES string of the molecule is COc1cc[n+](CC(=O)O[C@@H]2C[C@H](C)CC[C@H]2C(C)(C)c2ccccc2)cc1.[Cl-]. The van der Waals surface area contributed by atoms with Gasteiger partial charge in [0.1, 0.15) is 11.9 Å². The highest BCUT2D eigenvalue weighted by molar-refractivity contribution is 5.67. The van der Waals surface area contributed by atoms with E-state index in [0.29, 0.717) is 11.8 Å². The number of methoxy groups -OCH3 is 1. The molecule has 1 aromatic carbocycles. The molecule has 1 fully saturated rings. The number of rotatable bonds is 6. The molecule has 158 valence electrons. The van der Waals surface area contributed by atoms with E-state index in [-0.39, 0.29) is 36.4 Å². The number of aromatic nitrogens is 1. The molecule has 1 heterocycles. The van der Waals surface area contributed by atoms with Crippen molar-refractivity contribution in [3.8, 4) is 5.75 Å². The van der Waals surface area contributed by atoms with Gasteiger partial charge in [-0.15, -0.1) is 0 Å². The van der Waals surface area contributed by atoms with Crippen LogP contribution in [0, 0.1) is 11.8 Å². The first kappa shape index (κ1) is 23.2. The van der Waals surface area contributed by atoms with Crippen molar-refractivity contribution in [3.05, 3.63) is 60.4 Å². The summed E-state index contributed by atoms with van der Waals surface area (Å²) in [6.07, 6.45) is 6.83. The lowest BCUT2D eigenvalue weighted by Crippen LogP contribution is -3.00. The van der Waals surface area contributed by atoms with Crippen LogP contribution in [0.15, 0.2) is 54.9 Å². The van der Waals surface area contributed by atoms with Gasteiger partial charge in [-0.05, 0) is 29.7 Å². The second kappa shape index (κ2) is 10.1. The normalized spacial score (nSPS) is 21.7. The Labute approximate surface area is 180 Å². The topological polar surface area (TPSA) is 39.4 Å². The van der Waals surface area contributed by atoms with E-state index >= 15 is 0 Å². The number of nitrogens with zero attached hydrogens (tertiary/aromatic N) is 1. The lowest BCUT2D eigenvalue weighted by atomic mass is 9.64. The van der Waals surface area contributed by atoms with Crippen LogP contribution in [0.4, 0.5) is 0 Å². The smallest absolute Gasteiger partial charge is 0.372 e. The number of ether oxygens (including phenoxy) is 2.